The molecule has 0 atom stereocenters. The number of carbonyl (C=O) groups excluding carboxylic acids is 1. The molecule has 0 heterocycles. The molecule has 0 aliphatic carbocycles. The van der Waals surface area contributed by atoms with Crippen LogP contribution in [0.1, 0.15) is 20.7 Å². The smallest absolute Gasteiger partial charge is 0.335 e. The van der Waals surface area contributed by atoms with E-state index in [1.165, 1.54) is 17.0 Å². The summed E-state index contributed by atoms with van der Waals surface area (Å²) in [6.07, 6.45) is 1.61. The maximum absolute atomic E-state index is 11.8. The number of benzene rings is 1. The van der Waals surface area contributed by atoms with Crippen LogP contribution < -0.4 is 0 Å². The number of hydrogen-bond donors (Lipinski definition) is 1. The number of likely N-dealkylation sites (N-methyl/N-ethyl adjacent to an activating group) is 1. The highest BCUT2D eigenvalue weighted by molar-refractivity contribution is 5.97. The Bertz CT molecular complexity index is 426. The molecule has 1 aromatic carbocycles. The van der Waals surface area contributed by atoms with Gasteiger partial charge in [-0.3, -0.25) is 4.79 Å². The minimum absolute atomic E-state index is 0.109. The molecule has 84 valence electrons. The zero-order valence-electron chi connectivity index (χ0n) is 9.01. The van der Waals surface area contributed by atoms with Gasteiger partial charge in [-0.25, -0.2) is 4.79 Å². The minimum Gasteiger partial charge on any atom is -0.478 e. The summed E-state index contributed by atoms with van der Waals surface area (Å²) < 4.78 is 0. The van der Waals surface area contributed by atoms with Crippen molar-refractivity contribution in [2.45, 2.75) is 0 Å². The van der Waals surface area contributed by atoms with E-state index in [4.69, 9.17) is 5.11 Å². The highest BCUT2D eigenvalue weighted by atomic mass is 16.4. The zero-order chi connectivity index (χ0) is 12.1. The molecule has 0 spiro atoms. The van der Waals surface area contributed by atoms with E-state index in [1.807, 2.05) is 0 Å². The molecule has 16 heavy (non-hydrogen) atoms. The molecule has 0 saturated heterocycles. The van der Waals surface area contributed by atoms with Crippen LogP contribution >= 0.6 is 0 Å². The molecule has 0 aliphatic heterocycles. The second-order valence-electron chi connectivity index (χ2n) is 3.36. The van der Waals surface area contributed by atoms with E-state index in [1.54, 1.807) is 25.3 Å². The fraction of sp³-hybridized carbons (Fsp3) is 0.167. The molecule has 0 aromatic heterocycles. The van der Waals surface area contributed by atoms with E-state index in [2.05, 4.69) is 6.58 Å². The fourth-order valence-electron chi connectivity index (χ4n) is 1.28. The summed E-state index contributed by atoms with van der Waals surface area (Å²) in [6, 6.07) is 5.96. The molecule has 1 N–H and O–H groups in total. The van der Waals surface area contributed by atoms with Gasteiger partial charge in [-0.15, -0.1) is 6.58 Å². The van der Waals surface area contributed by atoms with Gasteiger partial charge in [-0.2, -0.15) is 0 Å². The van der Waals surface area contributed by atoms with Crippen molar-refractivity contribution in [1.82, 2.24) is 4.90 Å². The van der Waals surface area contributed by atoms with E-state index in [-0.39, 0.29) is 11.5 Å². The zero-order valence-corrected chi connectivity index (χ0v) is 9.01. The maximum Gasteiger partial charge on any atom is 0.335 e. The lowest BCUT2D eigenvalue weighted by Gasteiger charge is -2.14. The Morgan fingerprint density at radius 2 is 2.06 bits per heavy atom. The number of hydrogen-bond acceptors (Lipinski definition) is 2. The first-order chi connectivity index (χ1) is 7.56. The van der Waals surface area contributed by atoms with Crippen molar-refractivity contribution < 1.29 is 14.7 Å². The Morgan fingerprint density at radius 3 is 2.62 bits per heavy atom. The van der Waals surface area contributed by atoms with Crippen molar-refractivity contribution in [3.63, 3.8) is 0 Å². The number of carbonyl (C=O) groups is 2. The van der Waals surface area contributed by atoms with Crippen LogP contribution in [-0.4, -0.2) is 35.5 Å². The molecule has 0 radical (unpaired) electrons. The summed E-state index contributed by atoms with van der Waals surface area (Å²) in [6.45, 7) is 3.96. The largest absolute Gasteiger partial charge is 0.478 e. The molecule has 1 aromatic rings. The summed E-state index contributed by atoms with van der Waals surface area (Å²) >= 11 is 0. The van der Waals surface area contributed by atoms with Gasteiger partial charge in [0.15, 0.2) is 0 Å². The number of carboxylic acid groups (broad SMARTS) is 1. The number of carboxylic acids is 1. The monoisotopic (exact) mass is 219 g/mol. The highest BCUT2D eigenvalue weighted by Gasteiger charge is 2.12. The average Bonchev–Trinajstić information content (AvgIpc) is 2.28. The van der Waals surface area contributed by atoms with Crippen LogP contribution in [0.15, 0.2) is 36.9 Å². The minimum atomic E-state index is -1.04. The predicted octanol–water partition coefficient (Wildman–Crippen LogP) is 1.64. The Balaban J connectivity index is 2.95. The van der Waals surface area contributed by atoms with Crippen LogP contribution in [0.2, 0.25) is 0 Å². The molecule has 0 saturated carbocycles. The van der Waals surface area contributed by atoms with E-state index >= 15 is 0 Å². The van der Waals surface area contributed by atoms with Crippen molar-refractivity contribution in [2.75, 3.05) is 13.6 Å². The molecule has 0 fully saturated rings. The predicted molar refractivity (Wildman–Crippen MR) is 60.6 cm³/mol. The third-order valence-electron chi connectivity index (χ3n) is 2.11. The van der Waals surface area contributed by atoms with E-state index in [9.17, 15) is 9.59 Å². The first kappa shape index (κ1) is 12.0. The summed E-state index contributed by atoms with van der Waals surface area (Å²) in [5.74, 6) is -1.26. The Labute approximate surface area is 93.8 Å². The van der Waals surface area contributed by atoms with Crippen molar-refractivity contribution in [1.29, 1.82) is 0 Å². The number of amides is 1. The first-order valence-electron chi connectivity index (χ1n) is 4.76. The van der Waals surface area contributed by atoms with Crippen LogP contribution in [0.5, 0.6) is 0 Å². The summed E-state index contributed by atoms with van der Waals surface area (Å²) in [5, 5.41) is 8.79. The molecule has 4 heteroatoms. The van der Waals surface area contributed by atoms with Crippen molar-refractivity contribution in [3.05, 3.63) is 48.0 Å². The molecule has 4 nitrogen and oxygen atoms in total. The van der Waals surface area contributed by atoms with E-state index in [0.29, 0.717) is 12.1 Å². The van der Waals surface area contributed by atoms with Gasteiger partial charge in [-0.05, 0) is 18.2 Å². The van der Waals surface area contributed by atoms with E-state index in [0.717, 1.165) is 0 Å². The van der Waals surface area contributed by atoms with Gasteiger partial charge in [0.25, 0.3) is 5.91 Å². The summed E-state index contributed by atoms with van der Waals surface area (Å²) in [5.41, 5.74) is 0.474. The number of nitrogens with zero attached hydrogens (tertiary/aromatic N) is 1. The van der Waals surface area contributed by atoms with Gasteiger partial charge in [-0.1, -0.05) is 12.1 Å². The van der Waals surface area contributed by atoms with Crippen LogP contribution in [0.4, 0.5) is 0 Å². The third-order valence-corrected chi connectivity index (χ3v) is 2.11. The number of rotatable bonds is 4. The Kier molecular flexibility index (Phi) is 3.83. The van der Waals surface area contributed by atoms with Gasteiger partial charge in [0.05, 0.1) is 5.56 Å². The number of aromatic carboxylic acids is 1. The van der Waals surface area contributed by atoms with Crippen LogP contribution in [-0.2, 0) is 0 Å². The lowest BCUT2D eigenvalue weighted by molar-refractivity contribution is 0.0697. The second-order valence-corrected chi connectivity index (χ2v) is 3.36. The topological polar surface area (TPSA) is 57.6 Å². The average molecular weight is 219 g/mol. The fourth-order valence-corrected chi connectivity index (χ4v) is 1.28. The normalized spacial score (nSPS) is 9.56. The first-order valence-corrected chi connectivity index (χ1v) is 4.76. The lowest BCUT2D eigenvalue weighted by Crippen LogP contribution is -2.26. The van der Waals surface area contributed by atoms with Gasteiger partial charge >= 0.3 is 5.97 Å². The quantitative estimate of drug-likeness (QED) is 0.783. The Hall–Kier alpha value is -2.10. The standard InChI is InChI=1S/C12H13NO3/c1-3-7-13(2)11(14)9-5-4-6-10(8-9)12(15)16/h3-6,8H,1,7H2,2H3,(H,15,16). The Morgan fingerprint density at radius 1 is 1.44 bits per heavy atom. The highest BCUT2D eigenvalue weighted by Crippen LogP contribution is 2.07. The van der Waals surface area contributed by atoms with Crippen LogP contribution in [0.3, 0.4) is 0 Å². The van der Waals surface area contributed by atoms with Crippen LogP contribution in [0.25, 0.3) is 0 Å². The van der Waals surface area contributed by atoms with Crippen molar-refractivity contribution in [3.8, 4) is 0 Å². The SMILES string of the molecule is C=CCN(C)C(=O)c1cccc(C(=O)O)c1. The molecule has 1 rings (SSSR count). The van der Waals surface area contributed by atoms with Gasteiger partial charge in [0, 0.05) is 19.2 Å². The van der Waals surface area contributed by atoms with Crippen molar-refractivity contribution in [2.24, 2.45) is 0 Å². The molecular formula is C12H13NO3. The summed E-state index contributed by atoms with van der Waals surface area (Å²) in [4.78, 5) is 24.0. The molecule has 1 amide bonds. The molecule has 0 aliphatic rings. The second kappa shape index (κ2) is 5.11. The van der Waals surface area contributed by atoms with Crippen LogP contribution in [0, 0.1) is 0 Å². The van der Waals surface area contributed by atoms with E-state index < -0.39 is 5.97 Å². The molecule has 0 bridgehead atoms. The van der Waals surface area contributed by atoms with Crippen molar-refractivity contribution >= 4 is 11.9 Å². The lowest BCUT2D eigenvalue weighted by atomic mass is 10.1. The third kappa shape index (κ3) is 2.70. The molecular weight excluding hydrogens is 206 g/mol. The maximum atomic E-state index is 11.8. The van der Waals surface area contributed by atoms with Gasteiger partial charge in [0.1, 0.15) is 0 Å². The summed E-state index contributed by atoms with van der Waals surface area (Å²) in [7, 11) is 1.64. The van der Waals surface area contributed by atoms with Gasteiger partial charge in [0.2, 0.25) is 0 Å². The van der Waals surface area contributed by atoms with Gasteiger partial charge < -0.3 is 10.0 Å². The molecule has 0 unspecified atom stereocenters.